The van der Waals surface area contributed by atoms with Gasteiger partial charge < -0.3 is 19.8 Å². The summed E-state index contributed by atoms with van der Waals surface area (Å²) in [5.74, 6) is -0.342. The highest BCUT2D eigenvalue weighted by atomic mass is 32.2. The van der Waals surface area contributed by atoms with E-state index in [1.807, 2.05) is 6.07 Å². The molecule has 0 aliphatic heterocycles. The summed E-state index contributed by atoms with van der Waals surface area (Å²) in [5, 5.41) is 13.3. The maximum Gasteiger partial charge on any atom is 0.262 e. The Morgan fingerprint density at radius 3 is 2.55 bits per heavy atom. The summed E-state index contributed by atoms with van der Waals surface area (Å²) in [7, 11) is -0.737. The smallest absolute Gasteiger partial charge is 0.262 e. The van der Waals surface area contributed by atoms with Crippen molar-refractivity contribution >= 4 is 32.9 Å². The Balaban J connectivity index is 1.69. The lowest BCUT2D eigenvalue weighted by Crippen LogP contribution is -2.27. The number of aromatic amines is 1. The number of methoxy groups -OCH3 is 2. The summed E-state index contributed by atoms with van der Waals surface area (Å²) in [6.07, 6.45) is 5.59. The van der Waals surface area contributed by atoms with Crippen molar-refractivity contribution in [2.75, 3.05) is 20.5 Å². The fraction of sp³-hybridized carbons (Fsp3) is 0.207. The third kappa shape index (κ3) is 5.53. The molecule has 0 bridgehead atoms. The summed E-state index contributed by atoms with van der Waals surface area (Å²) >= 11 is 0. The number of aromatic nitrogens is 2. The molecule has 0 radical (unpaired) electrons. The van der Waals surface area contributed by atoms with Crippen molar-refractivity contribution in [3.8, 4) is 28.7 Å². The van der Waals surface area contributed by atoms with E-state index in [4.69, 9.17) is 9.47 Å². The van der Waals surface area contributed by atoms with Crippen molar-refractivity contribution in [2.45, 2.75) is 24.8 Å². The molecule has 11 heteroatoms. The van der Waals surface area contributed by atoms with Crippen LogP contribution in [0.15, 0.2) is 59.3 Å². The van der Waals surface area contributed by atoms with Gasteiger partial charge in [-0.15, -0.1) is 0 Å². The molecule has 0 unspecified atom stereocenters. The lowest BCUT2D eigenvalue weighted by Gasteiger charge is -2.16. The number of pyridine rings is 1. The predicted molar refractivity (Wildman–Crippen MR) is 149 cm³/mol. The van der Waals surface area contributed by atoms with Gasteiger partial charge in [0.05, 0.1) is 20.3 Å². The van der Waals surface area contributed by atoms with E-state index in [1.165, 1.54) is 32.4 Å². The molecule has 4 rings (SSSR count). The Kier molecular flexibility index (Phi) is 7.93. The van der Waals surface area contributed by atoms with E-state index in [0.717, 1.165) is 17.9 Å². The van der Waals surface area contributed by atoms with Crippen LogP contribution in [0.2, 0.25) is 0 Å². The van der Waals surface area contributed by atoms with Gasteiger partial charge in [-0.05, 0) is 60.9 Å². The number of nitrogens with one attached hydrogen (secondary N) is 2. The van der Waals surface area contributed by atoms with Crippen molar-refractivity contribution < 1.29 is 27.1 Å². The number of benzene rings is 2. The SMILES string of the molecule is COc1ccc([C@@H](C)NC(=O)/C(C#N)=C/c2c[nH]c3ncc(-c4ccc(F)c(S(C)(=O)=O)c4)c(C)c23)cc1OC. The second-order valence-corrected chi connectivity index (χ2v) is 11.1. The van der Waals surface area contributed by atoms with Crippen LogP contribution in [0.5, 0.6) is 11.5 Å². The topological polar surface area (TPSA) is 134 Å². The van der Waals surface area contributed by atoms with E-state index in [0.29, 0.717) is 44.8 Å². The maximum atomic E-state index is 14.2. The zero-order valence-corrected chi connectivity index (χ0v) is 23.3. The van der Waals surface area contributed by atoms with Crippen LogP contribution in [-0.2, 0) is 14.6 Å². The van der Waals surface area contributed by atoms with Gasteiger partial charge in [0.25, 0.3) is 5.91 Å². The highest BCUT2D eigenvalue weighted by Crippen LogP contribution is 2.33. The maximum absolute atomic E-state index is 14.2. The number of nitrogens with zero attached hydrogens (tertiary/aromatic N) is 2. The van der Waals surface area contributed by atoms with E-state index in [-0.39, 0.29) is 5.57 Å². The monoisotopic (exact) mass is 562 g/mol. The Morgan fingerprint density at radius 2 is 1.90 bits per heavy atom. The van der Waals surface area contributed by atoms with E-state index in [9.17, 15) is 22.9 Å². The lowest BCUT2D eigenvalue weighted by molar-refractivity contribution is -0.117. The molecule has 0 spiro atoms. The molecule has 2 aromatic carbocycles. The highest BCUT2D eigenvalue weighted by Gasteiger charge is 2.19. The van der Waals surface area contributed by atoms with Crippen LogP contribution in [0.4, 0.5) is 4.39 Å². The first-order chi connectivity index (χ1) is 19.0. The van der Waals surface area contributed by atoms with Crippen molar-refractivity contribution in [2.24, 2.45) is 0 Å². The number of rotatable bonds is 8. The minimum absolute atomic E-state index is 0.126. The Bertz CT molecular complexity index is 1810. The second-order valence-electron chi connectivity index (χ2n) is 9.16. The molecule has 0 aliphatic carbocycles. The molecule has 0 saturated heterocycles. The normalized spacial score (nSPS) is 12.6. The van der Waals surface area contributed by atoms with Crippen LogP contribution < -0.4 is 14.8 Å². The molecular weight excluding hydrogens is 535 g/mol. The molecule has 2 aromatic heterocycles. The number of hydrogen-bond donors (Lipinski definition) is 2. The first-order valence-corrected chi connectivity index (χ1v) is 14.0. The van der Waals surface area contributed by atoms with Gasteiger partial charge >= 0.3 is 0 Å². The summed E-state index contributed by atoms with van der Waals surface area (Å²) in [6, 6.07) is 10.6. The molecule has 2 N–H and O–H groups in total. The number of fused-ring (bicyclic) bond motifs is 1. The third-order valence-corrected chi connectivity index (χ3v) is 7.67. The molecule has 206 valence electrons. The summed E-state index contributed by atoms with van der Waals surface area (Å²) in [4.78, 5) is 20.1. The molecule has 40 heavy (non-hydrogen) atoms. The Labute approximate surface area is 231 Å². The van der Waals surface area contributed by atoms with E-state index in [2.05, 4.69) is 15.3 Å². The summed E-state index contributed by atoms with van der Waals surface area (Å²) < 4.78 is 48.9. The number of hydrogen-bond acceptors (Lipinski definition) is 7. The number of ether oxygens (including phenoxy) is 2. The van der Waals surface area contributed by atoms with Gasteiger partial charge in [-0.1, -0.05) is 12.1 Å². The highest BCUT2D eigenvalue weighted by molar-refractivity contribution is 7.90. The number of aryl methyl sites for hydroxylation is 1. The van der Waals surface area contributed by atoms with Crippen LogP contribution in [0.1, 0.15) is 29.7 Å². The fourth-order valence-electron chi connectivity index (χ4n) is 4.43. The van der Waals surface area contributed by atoms with Crippen LogP contribution in [0.3, 0.4) is 0 Å². The number of carbonyl (C=O) groups excluding carboxylic acids is 1. The van der Waals surface area contributed by atoms with Gasteiger partial charge in [0.2, 0.25) is 0 Å². The van der Waals surface area contributed by atoms with E-state index in [1.54, 1.807) is 44.4 Å². The van der Waals surface area contributed by atoms with Gasteiger partial charge in [0, 0.05) is 35.2 Å². The second kappa shape index (κ2) is 11.2. The van der Waals surface area contributed by atoms with Gasteiger partial charge in [0.1, 0.15) is 28.0 Å². The van der Waals surface area contributed by atoms with Crippen molar-refractivity contribution in [1.29, 1.82) is 5.26 Å². The molecule has 1 atom stereocenters. The van der Waals surface area contributed by atoms with Crippen molar-refractivity contribution in [3.63, 3.8) is 0 Å². The zero-order chi connectivity index (χ0) is 29.2. The van der Waals surface area contributed by atoms with Crippen LogP contribution in [-0.4, -0.2) is 44.8 Å². The average molecular weight is 563 g/mol. The molecular formula is C29H27FN4O5S. The first-order valence-electron chi connectivity index (χ1n) is 12.1. The van der Waals surface area contributed by atoms with E-state index < -0.39 is 32.5 Å². The quantitative estimate of drug-likeness (QED) is 0.231. The number of amides is 1. The molecule has 0 saturated carbocycles. The predicted octanol–water partition coefficient (Wildman–Crippen LogP) is 4.88. The summed E-state index contributed by atoms with van der Waals surface area (Å²) in [5.41, 5.74) is 3.43. The standard InChI is InChI=1S/C29H27FN4O5S/c1-16-22(19-6-8-23(30)26(12-19)40(5,36)37)15-33-28-27(16)21(14-32-28)10-20(13-31)29(35)34-17(2)18-7-9-24(38-3)25(11-18)39-4/h6-12,14-15,17H,1-5H3,(H,32,33)(H,34,35)/b20-10+/t17-/m1/s1. The largest absolute Gasteiger partial charge is 0.493 e. The summed E-state index contributed by atoms with van der Waals surface area (Å²) in [6.45, 7) is 3.59. The van der Waals surface area contributed by atoms with Crippen molar-refractivity contribution in [1.82, 2.24) is 15.3 Å². The number of H-pyrrole nitrogens is 1. The Hall–Kier alpha value is -4.69. The number of halogens is 1. The average Bonchev–Trinajstić information content (AvgIpc) is 3.34. The van der Waals surface area contributed by atoms with Gasteiger partial charge in [-0.25, -0.2) is 17.8 Å². The van der Waals surface area contributed by atoms with Crippen LogP contribution in [0.25, 0.3) is 28.2 Å². The van der Waals surface area contributed by atoms with Gasteiger partial charge in [0.15, 0.2) is 21.3 Å². The Morgan fingerprint density at radius 1 is 1.18 bits per heavy atom. The fourth-order valence-corrected chi connectivity index (χ4v) is 5.19. The van der Waals surface area contributed by atoms with Gasteiger partial charge in [-0.2, -0.15) is 5.26 Å². The van der Waals surface area contributed by atoms with Crippen molar-refractivity contribution in [3.05, 3.63) is 76.9 Å². The minimum atomic E-state index is -3.79. The minimum Gasteiger partial charge on any atom is -0.493 e. The number of nitriles is 1. The van der Waals surface area contributed by atoms with Crippen LogP contribution >= 0.6 is 0 Å². The van der Waals surface area contributed by atoms with Gasteiger partial charge in [-0.3, -0.25) is 4.79 Å². The molecule has 9 nitrogen and oxygen atoms in total. The molecule has 1 amide bonds. The molecule has 0 fully saturated rings. The molecule has 2 heterocycles. The molecule has 0 aliphatic rings. The number of carbonyl (C=O) groups is 1. The number of sulfone groups is 1. The zero-order valence-electron chi connectivity index (χ0n) is 22.5. The van der Waals surface area contributed by atoms with Crippen LogP contribution in [0, 0.1) is 24.1 Å². The first kappa shape index (κ1) is 28.3. The third-order valence-electron chi connectivity index (χ3n) is 6.55. The van der Waals surface area contributed by atoms with E-state index >= 15 is 0 Å². The molecule has 4 aromatic rings. The lowest BCUT2D eigenvalue weighted by atomic mass is 9.98.